The maximum Gasteiger partial charge on any atom is 0.279 e. The molecule has 102 valence electrons. The number of nitrogens with zero attached hydrogens (tertiary/aromatic N) is 1. The molecule has 0 spiro atoms. The van der Waals surface area contributed by atoms with Gasteiger partial charge in [0.05, 0.1) is 0 Å². The fraction of sp³-hybridized carbons (Fsp3) is 1.00. The van der Waals surface area contributed by atoms with Crippen LogP contribution in [0, 0.1) is 0 Å². The summed E-state index contributed by atoms with van der Waals surface area (Å²) in [5.41, 5.74) is 0. The predicted octanol–water partition coefficient (Wildman–Crippen LogP) is 0.695. The van der Waals surface area contributed by atoms with Crippen molar-refractivity contribution in [1.29, 1.82) is 0 Å². The van der Waals surface area contributed by atoms with E-state index < -0.39 is 10.2 Å². The van der Waals surface area contributed by atoms with E-state index in [4.69, 9.17) is 0 Å². The number of nitrogens with one attached hydrogen (secondary N) is 2. The van der Waals surface area contributed by atoms with E-state index in [0.29, 0.717) is 13.1 Å². The highest BCUT2D eigenvalue weighted by Crippen LogP contribution is 2.07. The Kier molecular flexibility index (Phi) is 6.40. The second-order valence-electron chi connectivity index (χ2n) is 4.57. The highest BCUT2D eigenvalue weighted by Gasteiger charge is 2.24. The molecule has 1 aliphatic rings. The van der Waals surface area contributed by atoms with Crippen molar-refractivity contribution < 1.29 is 8.42 Å². The Hall–Kier alpha value is -0.170. The molecule has 0 aromatic carbocycles. The highest BCUT2D eigenvalue weighted by atomic mass is 32.2. The minimum atomic E-state index is -3.30. The van der Waals surface area contributed by atoms with Gasteiger partial charge in [0.15, 0.2) is 0 Å². The molecule has 1 atom stereocenters. The maximum absolute atomic E-state index is 12.2. The number of piperidine rings is 1. The molecule has 17 heavy (non-hydrogen) atoms. The van der Waals surface area contributed by atoms with Crippen LogP contribution in [0.2, 0.25) is 0 Å². The van der Waals surface area contributed by atoms with E-state index >= 15 is 0 Å². The number of hydrogen-bond donors (Lipinski definition) is 2. The lowest BCUT2D eigenvalue weighted by molar-refractivity contribution is 0.377. The lowest BCUT2D eigenvalue weighted by Crippen LogP contribution is -2.51. The third-order valence-corrected chi connectivity index (χ3v) is 4.57. The van der Waals surface area contributed by atoms with E-state index in [1.165, 1.54) is 0 Å². The van der Waals surface area contributed by atoms with Gasteiger partial charge in [0, 0.05) is 25.7 Å². The first-order valence-corrected chi connectivity index (χ1v) is 8.02. The number of hydrogen-bond acceptors (Lipinski definition) is 3. The average molecular weight is 263 g/mol. The Morgan fingerprint density at radius 3 is 2.41 bits per heavy atom. The molecule has 1 fully saturated rings. The zero-order valence-electron chi connectivity index (χ0n) is 10.9. The van der Waals surface area contributed by atoms with Gasteiger partial charge in [-0.2, -0.15) is 17.4 Å². The molecule has 0 radical (unpaired) electrons. The van der Waals surface area contributed by atoms with Crippen molar-refractivity contribution in [3.8, 4) is 0 Å². The quantitative estimate of drug-likeness (QED) is 0.710. The molecule has 1 rings (SSSR count). The molecule has 0 aromatic rings. The standard InChI is InChI=1S/C11H25N3O2S/c1-3-8-14(9-4-2)17(15,16)13-11-6-5-7-12-10-11/h11-13H,3-10H2,1-2H3/t11-/m0/s1. The molecule has 0 aliphatic carbocycles. The summed E-state index contributed by atoms with van der Waals surface area (Å²) in [6.45, 7) is 6.94. The molecule has 1 aliphatic heterocycles. The molecule has 0 aromatic heterocycles. The molecule has 0 saturated carbocycles. The Morgan fingerprint density at radius 1 is 1.29 bits per heavy atom. The van der Waals surface area contributed by atoms with Crippen LogP contribution in [0.5, 0.6) is 0 Å². The van der Waals surface area contributed by atoms with Gasteiger partial charge in [-0.25, -0.2) is 0 Å². The van der Waals surface area contributed by atoms with Crippen molar-refractivity contribution in [1.82, 2.24) is 14.3 Å². The molecule has 2 N–H and O–H groups in total. The maximum atomic E-state index is 12.2. The van der Waals surface area contributed by atoms with Crippen molar-refractivity contribution in [2.24, 2.45) is 0 Å². The minimum absolute atomic E-state index is 0.0463. The molecular formula is C11H25N3O2S. The Morgan fingerprint density at radius 2 is 1.94 bits per heavy atom. The van der Waals surface area contributed by atoms with E-state index in [9.17, 15) is 8.42 Å². The average Bonchev–Trinajstić information content (AvgIpc) is 2.29. The highest BCUT2D eigenvalue weighted by molar-refractivity contribution is 7.87. The van der Waals surface area contributed by atoms with Crippen molar-refractivity contribution in [3.05, 3.63) is 0 Å². The molecule has 1 saturated heterocycles. The van der Waals surface area contributed by atoms with Gasteiger partial charge >= 0.3 is 0 Å². The monoisotopic (exact) mass is 263 g/mol. The summed E-state index contributed by atoms with van der Waals surface area (Å²) in [7, 11) is -3.30. The van der Waals surface area contributed by atoms with Crippen LogP contribution in [0.1, 0.15) is 39.5 Å². The second-order valence-corrected chi connectivity index (χ2v) is 6.27. The van der Waals surface area contributed by atoms with E-state index in [-0.39, 0.29) is 6.04 Å². The van der Waals surface area contributed by atoms with E-state index in [1.54, 1.807) is 4.31 Å². The van der Waals surface area contributed by atoms with E-state index in [2.05, 4.69) is 10.0 Å². The molecule has 6 heteroatoms. The zero-order chi connectivity index (χ0) is 12.7. The van der Waals surface area contributed by atoms with Gasteiger partial charge in [-0.05, 0) is 32.2 Å². The van der Waals surface area contributed by atoms with Gasteiger partial charge in [0.2, 0.25) is 0 Å². The van der Waals surface area contributed by atoms with Gasteiger partial charge in [-0.1, -0.05) is 13.8 Å². The van der Waals surface area contributed by atoms with Gasteiger partial charge in [0.1, 0.15) is 0 Å². The first-order chi connectivity index (χ1) is 8.10. The largest absolute Gasteiger partial charge is 0.315 e. The van der Waals surface area contributed by atoms with Gasteiger partial charge in [0.25, 0.3) is 10.2 Å². The van der Waals surface area contributed by atoms with Crippen molar-refractivity contribution in [3.63, 3.8) is 0 Å². The van der Waals surface area contributed by atoms with Gasteiger partial charge in [-0.15, -0.1) is 0 Å². The fourth-order valence-electron chi connectivity index (χ4n) is 2.09. The minimum Gasteiger partial charge on any atom is -0.315 e. The topological polar surface area (TPSA) is 61.4 Å². The summed E-state index contributed by atoms with van der Waals surface area (Å²) in [6.07, 6.45) is 3.67. The SMILES string of the molecule is CCCN(CCC)S(=O)(=O)N[C@H]1CCCNC1. The smallest absolute Gasteiger partial charge is 0.279 e. The lowest BCUT2D eigenvalue weighted by Gasteiger charge is -2.28. The molecule has 0 bridgehead atoms. The summed E-state index contributed by atoms with van der Waals surface area (Å²) >= 11 is 0. The summed E-state index contributed by atoms with van der Waals surface area (Å²) in [6, 6.07) is 0.0463. The fourth-order valence-corrected chi connectivity index (χ4v) is 3.71. The zero-order valence-corrected chi connectivity index (χ0v) is 11.7. The first kappa shape index (κ1) is 14.9. The molecule has 0 amide bonds. The van der Waals surface area contributed by atoms with Gasteiger partial charge < -0.3 is 5.32 Å². The summed E-state index contributed by atoms with van der Waals surface area (Å²) in [4.78, 5) is 0. The number of rotatable bonds is 7. The Bertz CT molecular complexity index is 294. The van der Waals surface area contributed by atoms with Crippen molar-refractivity contribution in [2.45, 2.75) is 45.6 Å². The molecule has 5 nitrogen and oxygen atoms in total. The van der Waals surface area contributed by atoms with Crippen molar-refractivity contribution in [2.75, 3.05) is 26.2 Å². The van der Waals surface area contributed by atoms with Crippen LogP contribution in [0.15, 0.2) is 0 Å². The van der Waals surface area contributed by atoms with Crippen LogP contribution < -0.4 is 10.0 Å². The third-order valence-electron chi connectivity index (χ3n) is 2.90. The van der Waals surface area contributed by atoms with Gasteiger partial charge in [-0.3, -0.25) is 0 Å². The van der Waals surface area contributed by atoms with Crippen LogP contribution in [-0.4, -0.2) is 44.9 Å². The van der Waals surface area contributed by atoms with Crippen LogP contribution in [0.25, 0.3) is 0 Å². The summed E-state index contributed by atoms with van der Waals surface area (Å²) < 4.78 is 28.7. The molecule has 0 unspecified atom stereocenters. The predicted molar refractivity (Wildman–Crippen MR) is 70.1 cm³/mol. The Balaban J connectivity index is 2.56. The normalized spacial score (nSPS) is 21.9. The van der Waals surface area contributed by atoms with Crippen LogP contribution in [0.4, 0.5) is 0 Å². The van der Waals surface area contributed by atoms with E-state index in [0.717, 1.165) is 38.8 Å². The van der Waals surface area contributed by atoms with E-state index in [1.807, 2.05) is 13.8 Å². The van der Waals surface area contributed by atoms with Crippen molar-refractivity contribution >= 4 is 10.2 Å². The first-order valence-electron chi connectivity index (χ1n) is 6.58. The summed E-state index contributed by atoms with van der Waals surface area (Å²) in [5, 5.41) is 3.21. The lowest BCUT2D eigenvalue weighted by atomic mass is 10.1. The Labute approximate surface area is 105 Å². The third kappa shape index (κ3) is 4.91. The van der Waals surface area contributed by atoms with Crippen LogP contribution >= 0.6 is 0 Å². The molecular weight excluding hydrogens is 238 g/mol. The van der Waals surface area contributed by atoms with Crippen LogP contribution in [0.3, 0.4) is 0 Å². The second kappa shape index (κ2) is 7.31. The summed E-state index contributed by atoms with van der Waals surface area (Å²) in [5.74, 6) is 0. The van der Waals surface area contributed by atoms with Crippen LogP contribution in [-0.2, 0) is 10.2 Å². The molecule has 1 heterocycles.